The van der Waals surface area contributed by atoms with E-state index in [4.69, 9.17) is 0 Å². The molecule has 0 radical (unpaired) electrons. The highest BCUT2D eigenvalue weighted by Crippen LogP contribution is 2.19. The van der Waals surface area contributed by atoms with Crippen LogP contribution in [0.1, 0.15) is 43.4 Å². The molecule has 21 heavy (non-hydrogen) atoms. The maximum atomic E-state index is 11.8. The first-order valence-corrected chi connectivity index (χ1v) is 8.09. The fourth-order valence-corrected chi connectivity index (χ4v) is 3.14. The third-order valence-electron chi connectivity index (χ3n) is 4.83. The molecule has 0 spiro atoms. The van der Waals surface area contributed by atoms with Gasteiger partial charge in [0.1, 0.15) is 0 Å². The van der Waals surface area contributed by atoms with Crippen LogP contribution in [0.4, 0.5) is 0 Å². The van der Waals surface area contributed by atoms with E-state index in [1.54, 1.807) is 0 Å². The number of rotatable bonds is 4. The van der Waals surface area contributed by atoms with Crippen molar-refractivity contribution in [3.05, 3.63) is 34.9 Å². The van der Waals surface area contributed by atoms with Crippen LogP contribution >= 0.6 is 0 Å². The average Bonchev–Trinajstić information content (AvgIpc) is 2.49. The van der Waals surface area contributed by atoms with E-state index < -0.39 is 0 Å². The SMILES string of the molecule is CCC(=O)N1CC[C@@H](NCc2cccc(C)c2C)[C@@H](C)C1. The second-order valence-electron chi connectivity index (χ2n) is 6.31. The number of hydrogen-bond acceptors (Lipinski definition) is 2. The monoisotopic (exact) mass is 288 g/mol. The summed E-state index contributed by atoms with van der Waals surface area (Å²) in [7, 11) is 0. The van der Waals surface area contributed by atoms with Gasteiger partial charge >= 0.3 is 0 Å². The number of piperidine rings is 1. The lowest BCUT2D eigenvalue weighted by atomic mass is 9.93. The van der Waals surface area contributed by atoms with E-state index in [2.05, 4.69) is 44.3 Å². The van der Waals surface area contributed by atoms with Crippen molar-refractivity contribution >= 4 is 5.91 Å². The van der Waals surface area contributed by atoms with Gasteiger partial charge in [0.2, 0.25) is 5.91 Å². The Morgan fingerprint density at radius 3 is 2.81 bits per heavy atom. The van der Waals surface area contributed by atoms with Gasteiger partial charge in [-0.1, -0.05) is 32.0 Å². The van der Waals surface area contributed by atoms with Crippen molar-refractivity contribution in [1.82, 2.24) is 10.2 Å². The van der Waals surface area contributed by atoms with Crippen LogP contribution in [0, 0.1) is 19.8 Å². The molecule has 2 rings (SSSR count). The number of nitrogens with zero attached hydrogens (tertiary/aromatic N) is 1. The van der Waals surface area contributed by atoms with Gasteiger partial charge in [-0.25, -0.2) is 0 Å². The molecular formula is C18H28N2O. The summed E-state index contributed by atoms with van der Waals surface area (Å²) in [5, 5.41) is 3.70. The Morgan fingerprint density at radius 2 is 2.14 bits per heavy atom. The van der Waals surface area contributed by atoms with Crippen molar-refractivity contribution in [2.45, 2.75) is 53.1 Å². The lowest BCUT2D eigenvalue weighted by Crippen LogP contribution is -2.49. The third-order valence-corrected chi connectivity index (χ3v) is 4.83. The highest BCUT2D eigenvalue weighted by molar-refractivity contribution is 5.75. The lowest BCUT2D eigenvalue weighted by molar-refractivity contribution is -0.132. The van der Waals surface area contributed by atoms with Crippen LogP contribution in [0.3, 0.4) is 0 Å². The van der Waals surface area contributed by atoms with Crippen LogP contribution in [-0.4, -0.2) is 29.9 Å². The predicted octanol–water partition coefficient (Wildman–Crippen LogP) is 3.04. The van der Waals surface area contributed by atoms with Crippen molar-refractivity contribution in [3.63, 3.8) is 0 Å². The van der Waals surface area contributed by atoms with Gasteiger partial charge in [-0.3, -0.25) is 4.79 Å². The van der Waals surface area contributed by atoms with Crippen LogP contribution in [0.25, 0.3) is 0 Å². The molecule has 1 amide bonds. The molecule has 0 unspecified atom stereocenters. The lowest BCUT2D eigenvalue weighted by Gasteiger charge is -2.37. The minimum absolute atomic E-state index is 0.287. The molecular weight excluding hydrogens is 260 g/mol. The molecule has 3 nitrogen and oxygen atoms in total. The van der Waals surface area contributed by atoms with Crippen molar-refractivity contribution in [1.29, 1.82) is 0 Å². The fourth-order valence-electron chi connectivity index (χ4n) is 3.14. The van der Waals surface area contributed by atoms with Gasteiger partial charge in [0.25, 0.3) is 0 Å². The quantitative estimate of drug-likeness (QED) is 0.923. The van der Waals surface area contributed by atoms with E-state index in [1.165, 1.54) is 16.7 Å². The summed E-state index contributed by atoms with van der Waals surface area (Å²) in [4.78, 5) is 13.8. The van der Waals surface area contributed by atoms with Gasteiger partial charge in [-0.05, 0) is 42.9 Å². The molecule has 1 saturated heterocycles. The Bertz CT molecular complexity index is 498. The molecule has 1 aromatic carbocycles. The summed E-state index contributed by atoms with van der Waals surface area (Å²) in [5.41, 5.74) is 4.12. The Morgan fingerprint density at radius 1 is 1.38 bits per heavy atom. The van der Waals surface area contributed by atoms with E-state index in [-0.39, 0.29) is 5.91 Å². The zero-order chi connectivity index (χ0) is 15.4. The summed E-state index contributed by atoms with van der Waals surface area (Å²) in [6, 6.07) is 7.00. The molecule has 0 aliphatic carbocycles. The highest BCUT2D eigenvalue weighted by atomic mass is 16.2. The standard InChI is InChI=1S/C18H28N2O/c1-5-18(21)20-10-9-17(14(3)12-20)19-11-16-8-6-7-13(2)15(16)4/h6-8,14,17,19H,5,9-12H2,1-4H3/t14-,17+/m0/s1. The number of hydrogen-bond donors (Lipinski definition) is 1. The van der Waals surface area contributed by atoms with Crippen molar-refractivity contribution in [2.24, 2.45) is 5.92 Å². The van der Waals surface area contributed by atoms with Crippen LogP contribution in [-0.2, 0) is 11.3 Å². The number of likely N-dealkylation sites (tertiary alicyclic amines) is 1. The Hall–Kier alpha value is -1.35. The molecule has 1 aliphatic rings. The molecule has 0 aromatic heterocycles. The van der Waals surface area contributed by atoms with E-state index in [1.807, 2.05) is 11.8 Å². The second-order valence-corrected chi connectivity index (χ2v) is 6.31. The molecule has 116 valence electrons. The number of amides is 1. The first-order chi connectivity index (χ1) is 10.0. The predicted molar refractivity (Wildman–Crippen MR) is 87.2 cm³/mol. The molecule has 3 heteroatoms. The average molecular weight is 288 g/mol. The minimum atomic E-state index is 0.287. The van der Waals surface area contributed by atoms with Gasteiger partial charge in [0.15, 0.2) is 0 Å². The van der Waals surface area contributed by atoms with E-state index >= 15 is 0 Å². The summed E-state index contributed by atoms with van der Waals surface area (Å²) in [6.45, 7) is 11.2. The van der Waals surface area contributed by atoms with Gasteiger partial charge in [0.05, 0.1) is 0 Å². The summed E-state index contributed by atoms with van der Waals surface area (Å²) in [6.07, 6.45) is 1.67. The van der Waals surface area contributed by atoms with Crippen LogP contribution in [0.2, 0.25) is 0 Å². The molecule has 1 aliphatic heterocycles. The van der Waals surface area contributed by atoms with Gasteiger partial charge in [-0.2, -0.15) is 0 Å². The van der Waals surface area contributed by atoms with E-state index in [0.717, 1.165) is 26.1 Å². The van der Waals surface area contributed by atoms with Crippen molar-refractivity contribution < 1.29 is 4.79 Å². The molecule has 2 atom stereocenters. The number of aryl methyl sites for hydroxylation is 1. The highest BCUT2D eigenvalue weighted by Gasteiger charge is 2.27. The Labute approximate surface area is 128 Å². The van der Waals surface area contributed by atoms with Gasteiger partial charge < -0.3 is 10.2 Å². The molecule has 1 N–H and O–H groups in total. The fraction of sp³-hybridized carbons (Fsp3) is 0.611. The van der Waals surface area contributed by atoms with Crippen LogP contribution < -0.4 is 5.32 Å². The second kappa shape index (κ2) is 7.08. The van der Waals surface area contributed by atoms with Crippen molar-refractivity contribution in [2.75, 3.05) is 13.1 Å². The number of carbonyl (C=O) groups excluding carboxylic acids is 1. The normalized spacial score (nSPS) is 22.4. The number of carbonyl (C=O) groups is 1. The van der Waals surface area contributed by atoms with Crippen LogP contribution in [0.5, 0.6) is 0 Å². The topological polar surface area (TPSA) is 32.3 Å². The Balaban J connectivity index is 1.90. The van der Waals surface area contributed by atoms with Crippen LogP contribution in [0.15, 0.2) is 18.2 Å². The zero-order valence-electron chi connectivity index (χ0n) is 13.8. The maximum absolute atomic E-state index is 11.8. The largest absolute Gasteiger partial charge is 0.342 e. The summed E-state index contributed by atoms with van der Waals surface area (Å²) >= 11 is 0. The summed E-state index contributed by atoms with van der Waals surface area (Å²) < 4.78 is 0. The molecule has 1 aromatic rings. The first-order valence-electron chi connectivity index (χ1n) is 8.09. The van der Waals surface area contributed by atoms with Crippen molar-refractivity contribution in [3.8, 4) is 0 Å². The molecule has 0 bridgehead atoms. The number of nitrogens with one attached hydrogen (secondary N) is 1. The number of benzene rings is 1. The smallest absolute Gasteiger partial charge is 0.222 e. The minimum Gasteiger partial charge on any atom is -0.342 e. The molecule has 0 saturated carbocycles. The third kappa shape index (κ3) is 3.85. The van der Waals surface area contributed by atoms with Gasteiger partial charge in [-0.15, -0.1) is 0 Å². The van der Waals surface area contributed by atoms with E-state index in [9.17, 15) is 4.79 Å². The molecule has 1 fully saturated rings. The zero-order valence-corrected chi connectivity index (χ0v) is 13.8. The first kappa shape index (κ1) is 16.0. The van der Waals surface area contributed by atoms with E-state index in [0.29, 0.717) is 18.4 Å². The maximum Gasteiger partial charge on any atom is 0.222 e. The van der Waals surface area contributed by atoms with Gasteiger partial charge in [0, 0.05) is 32.1 Å². The molecule has 1 heterocycles. The Kier molecular flexibility index (Phi) is 5.40. The summed E-state index contributed by atoms with van der Waals surface area (Å²) in [5.74, 6) is 0.800.